The van der Waals surface area contributed by atoms with E-state index in [0.717, 1.165) is 71.3 Å². The second-order valence-corrected chi connectivity index (χ2v) is 15.8. The molecule has 0 radical (unpaired) electrons. The third kappa shape index (κ3) is 5.51. The number of hydrogen-bond donors (Lipinski definition) is 0. The first-order chi connectivity index (χ1) is 22.1. The minimum absolute atomic E-state index is 0.0356. The van der Waals surface area contributed by atoms with E-state index in [2.05, 4.69) is 41.0 Å². The Hall–Kier alpha value is -3.36. The molecule has 1 amide bonds. The molecule has 46 heavy (non-hydrogen) atoms. The summed E-state index contributed by atoms with van der Waals surface area (Å²) >= 11 is 8.09. The summed E-state index contributed by atoms with van der Waals surface area (Å²) < 4.78 is 30.0. The van der Waals surface area contributed by atoms with Crippen LogP contribution in [0.4, 0.5) is 9.18 Å². The molecule has 3 atom stereocenters. The quantitative estimate of drug-likeness (QED) is 0.219. The van der Waals surface area contributed by atoms with Crippen molar-refractivity contribution in [2.45, 2.75) is 102 Å². The topological polar surface area (TPSA) is 56.1 Å². The Morgan fingerprint density at radius 2 is 1.85 bits per heavy atom. The number of carbonyl (C=O) groups is 1. The number of ether oxygens (including phenoxy) is 2. The smallest absolute Gasteiger partial charge is 0.410 e. The van der Waals surface area contributed by atoms with Crippen LogP contribution in [0.1, 0.15) is 99.6 Å². The first-order valence-corrected chi connectivity index (χ1v) is 17.8. The number of nitrogens with zero attached hydrogens (tertiary/aromatic N) is 3. The maximum atomic E-state index is 15.5. The third-order valence-electron chi connectivity index (χ3n) is 9.65. The number of benzene rings is 2. The van der Waals surface area contributed by atoms with Crippen LogP contribution in [0, 0.1) is 5.82 Å². The van der Waals surface area contributed by atoms with Gasteiger partial charge in [-0.3, -0.25) is 9.56 Å². The highest BCUT2D eigenvalue weighted by Crippen LogP contribution is 2.49. The van der Waals surface area contributed by atoms with Crippen LogP contribution in [0.3, 0.4) is 0 Å². The second kappa shape index (κ2) is 11.4. The average Bonchev–Trinajstić information content (AvgIpc) is 3.43. The van der Waals surface area contributed by atoms with E-state index in [0.29, 0.717) is 28.8 Å². The number of rotatable bonds is 4. The zero-order chi connectivity index (χ0) is 31.7. The van der Waals surface area contributed by atoms with E-state index in [1.807, 2.05) is 25.7 Å². The largest absolute Gasteiger partial charge is 0.464 e. The van der Waals surface area contributed by atoms with E-state index in [1.165, 1.54) is 23.8 Å². The molecular weight excluding hydrogens is 621 g/mol. The molecule has 4 aromatic rings. The highest BCUT2D eigenvalue weighted by atomic mass is 35.5. The standard InChI is InChI=1S/C37H39ClFN3O3S/c1-37(2,3)45-36(43)41-16-6-9-29(41)27-8-5-4-7-26(40-27)22-12-13-28-23(17-22)18-30-34-25(39)19-24(38)20-31(34)44-35(42(28)30)33-15-14-32(46-33)21-10-11-21/h12-15,17-21,27,29,35H,4-11,16H2,1-3H3. The van der Waals surface area contributed by atoms with E-state index in [-0.39, 0.29) is 18.2 Å². The van der Waals surface area contributed by atoms with Crippen molar-refractivity contribution in [3.8, 4) is 17.0 Å². The van der Waals surface area contributed by atoms with Crippen molar-refractivity contribution in [3.63, 3.8) is 0 Å². The maximum absolute atomic E-state index is 15.5. The van der Waals surface area contributed by atoms with Crippen LogP contribution in [0.5, 0.6) is 5.75 Å². The van der Waals surface area contributed by atoms with Gasteiger partial charge in [0.2, 0.25) is 6.23 Å². The fourth-order valence-corrected chi connectivity index (χ4v) is 8.81. The number of aliphatic imine (C=N–C) groups is 1. The summed E-state index contributed by atoms with van der Waals surface area (Å²) in [6.07, 6.45) is 7.68. The van der Waals surface area contributed by atoms with Gasteiger partial charge in [0.1, 0.15) is 17.2 Å². The van der Waals surface area contributed by atoms with Gasteiger partial charge in [-0.1, -0.05) is 24.1 Å². The summed E-state index contributed by atoms with van der Waals surface area (Å²) in [5.74, 6) is 0.723. The lowest BCUT2D eigenvalue weighted by Crippen LogP contribution is -2.44. The van der Waals surface area contributed by atoms with Gasteiger partial charge in [0.25, 0.3) is 0 Å². The van der Waals surface area contributed by atoms with Gasteiger partial charge >= 0.3 is 6.09 Å². The molecule has 0 N–H and O–H groups in total. The number of hydrogen-bond acceptors (Lipinski definition) is 5. The maximum Gasteiger partial charge on any atom is 0.410 e. The predicted octanol–water partition coefficient (Wildman–Crippen LogP) is 10.1. The molecule has 2 aromatic heterocycles. The van der Waals surface area contributed by atoms with Gasteiger partial charge in [-0.15, -0.1) is 11.3 Å². The lowest BCUT2D eigenvalue weighted by Gasteiger charge is -2.31. The molecule has 9 heteroatoms. The molecule has 3 aliphatic heterocycles. The van der Waals surface area contributed by atoms with Gasteiger partial charge in [-0.25, -0.2) is 9.18 Å². The van der Waals surface area contributed by atoms with Crippen molar-refractivity contribution < 1.29 is 18.7 Å². The summed E-state index contributed by atoms with van der Waals surface area (Å²) in [4.78, 5) is 22.8. The molecule has 2 aromatic carbocycles. The van der Waals surface area contributed by atoms with Gasteiger partial charge in [0.15, 0.2) is 0 Å². The Bertz CT molecular complexity index is 1870. The number of amides is 1. The van der Waals surface area contributed by atoms with Crippen molar-refractivity contribution in [2.24, 2.45) is 4.99 Å². The molecular formula is C37H39ClFN3O3S. The number of halogens is 2. The molecule has 1 aliphatic carbocycles. The lowest BCUT2D eigenvalue weighted by molar-refractivity contribution is 0.0205. The highest BCUT2D eigenvalue weighted by molar-refractivity contribution is 7.12. The zero-order valence-electron chi connectivity index (χ0n) is 26.5. The molecule has 8 rings (SSSR count). The van der Waals surface area contributed by atoms with Crippen LogP contribution in [-0.4, -0.2) is 45.5 Å². The lowest BCUT2D eigenvalue weighted by atomic mass is 10.0. The van der Waals surface area contributed by atoms with Crippen molar-refractivity contribution in [1.82, 2.24) is 9.47 Å². The summed E-state index contributed by atoms with van der Waals surface area (Å²) in [5.41, 5.74) is 3.83. The molecule has 1 saturated carbocycles. The Morgan fingerprint density at radius 3 is 2.65 bits per heavy atom. The number of aromatic nitrogens is 1. The number of fused-ring (bicyclic) bond motifs is 5. The van der Waals surface area contributed by atoms with Crippen LogP contribution in [0.15, 0.2) is 53.5 Å². The molecule has 0 bridgehead atoms. The molecule has 6 nitrogen and oxygen atoms in total. The van der Waals surface area contributed by atoms with Crippen LogP contribution in [0.25, 0.3) is 22.2 Å². The highest BCUT2D eigenvalue weighted by Gasteiger charge is 2.38. The molecule has 5 heterocycles. The minimum Gasteiger partial charge on any atom is -0.464 e. The monoisotopic (exact) mass is 659 g/mol. The Labute approximate surface area is 278 Å². The van der Waals surface area contributed by atoms with Gasteiger partial charge < -0.3 is 14.4 Å². The van der Waals surface area contributed by atoms with E-state index in [1.54, 1.807) is 17.4 Å². The minimum atomic E-state index is -0.531. The Balaban J connectivity index is 1.17. The van der Waals surface area contributed by atoms with Gasteiger partial charge in [-0.05, 0) is 120 Å². The van der Waals surface area contributed by atoms with Crippen LogP contribution >= 0.6 is 22.9 Å². The molecule has 240 valence electrons. The summed E-state index contributed by atoms with van der Waals surface area (Å²) in [6, 6.07) is 16.1. The van der Waals surface area contributed by atoms with Crippen molar-refractivity contribution >= 4 is 45.6 Å². The van der Waals surface area contributed by atoms with Gasteiger partial charge in [0, 0.05) is 27.5 Å². The molecule has 4 aliphatic rings. The zero-order valence-corrected chi connectivity index (χ0v) is 28.1. The van der Waals surface area contributed by atoms with Crippen molar-refractivity contribution in [1.29, 1.82) is 0 Å². The van der Waals surface area contributed by atoms with E-state index in [9.17, 15) is 4.79 Å². The summed E-state index contributed by atoms with van der Waals surface area (Å²) in [5, 5.41) is 1.34. The Kier molecular flexibility index (Phi) is 7.44. The molecule has 3 unspecified atom stereocenters. The third-order valence-corrected chi connectivity index (χ3v) is 11.1. The summed E-state index contributed by atoms with van der Waals surface area (Å²) in [7, 11) is 0. The molecule has 2 fully saturated rings. The molecule has 1 saturated heterocycles. The molecule has 0 spiro atoms. The van der Waals surface area contributed by atoms with E-state index in [4.69, 9.17) is 26.1 Å². The second-order valence-electron chi connectivity index (χ2n) is 14.2. The fraction of sp³-hybridized carbons (Fsp3) is 0.459. The van der Waals surface area contributed by atoms with Crippen LogP contribution in [-0.2, 0) is 4.74 Å². The van der Waals surface area contributed by atoms with Gasteiger partial charge in [0.05, 0.1) is 33.7 Å². The van der Waals surface area contributed by atoms with Gasteiger partial charge in [-0.2, -0.15) is 0 Å². The SMILES string of the molecule is CC(C)(C)OC(=O)N1CCCC1C1CCCCC(c2ccc3c(c2)cc2n3C(c3ccc(C4CC4)s3)Oc3cc(Cl)cc(F)c3-2)=N1. The Morgan fingerprint density at radius 1 is 1.02 bits per heavy atom. The van der Waals surface area contributed by atoms with E-state index >= 15 is 4.39 Å². The van der Waals surface area contributed by atoms with E-state index < -0.39 is 17.6 Å². The van der Waals surface area contributed by atoms with Crippen LogP contribution in [0.2, 0.25) is 5.02 Å². The van der Waals surface area contributed by atoms with Crippen LogP contribution < -0.4 is 4.74 Å². The summed E-state index contributed by atoms with van der Waals surface area (Å²) in [6.45, 7) is 6.45. The predicted molar refractivity (Wildman–Crippen MR) is 182 cm³/mol. The number of thiophene rings is 1. The average molecular weight is 660 g/mol. The normalized spacial score (nSPS) is 23.0. The number of likely N-dealkylation sites (tertiary alicyclic amines) is 1. The van der Waals surface area contributed by atoms with Crippen molar-refractivity contribution in [3.05, 3.63) is 74.7 Å². The number of carbonyl (C=O) groups excluding carboxylic acids is 1. The fourth-order valence-electron chi connectivity index (χ4n) is 7.41. The van der Waals surface area contributed by atoms with Crippen molar-refractivity contribution in [2.75, 3.05) is 6.54 Å². The first-order valence-electron chi connectivity index (χ1n) is 16.6. The first kappa shape index (κ1) is 30.0.